The number of aromatic amines is 1. The molecule has 1 aromatic carbocycles. The van der Waals surface area contributed by atoms with E-state index in [0.29, 0.717) is 5.75 Å². The Kier molecular flexibility index (Phi) is 3.21. The van der Waals surface area contributed by atoms with E-state index in [-0.39, 0.29) is 0 Å². The molecule has 0 saturated heterocycles. The Balaban J connectivity index is 2.46. The number of phenolic OH excluding ortho intramolecular Hbond substituents is 1. The van der Waals surface area contributed by atoms with Crippen molar-refractivity contribution >= 4 is 26.8 Å². The van der Waals surface area contributed by atoms with Crippen molar-refractivity contribution in [3.8, 4) is 5.75 Å². The molecule has 0 unspecified atom stereocenters. The van der Waals surface area contributed by atoms with Crippen LogP contribution in [0, 0.1) is 0 Å². The molecule has 0 aliphatic rings. The standard InChI is InChI=1S/C12H15BrN2O/c1-15(2)7-6-8-11-9(14-12(8)13)4-3-5-10(11)16/h3-5,14,16H,6-7H2,1-2H3. The zero-order valence-electron chi connectivity index (χ0n) is 9.42. The van der Waals surface area contributed by atoms with Crippen molar-refractivity contribution in [1.82, 2.24) is 9.88 Å². The van der Waals surface area contributed by atoms with Gasteiger partial charge in [0.1, 0.15) is 5.75 Å². The number of H-pyrrole nitrogens is 1. The molecule has 86 valence electrons. The van der Waals surface area contributed by atoms with Gasteiger partial charge in [0.2, 0.25) is 0 Å². The third-order valence-corrected chi connectivity index (χ3v) is 3.34. The van der Waals surface area contributed by atoms with Gasteiger partial charge in [-0.25, -0.2) is 0 Å². The SMILES string of the molecule is CN(C)CCc1c(Br)[nH]c2cccc(O)c12. The average molecular weight is 283 g/mol. The second-order valence-corrected chi connectivity index (χ2v) is 4.96. The summed E-state index contributed by atoms with van der Waals surface area (Å²) in [5, 5.41) is 10.8. The smallest absolute Gasteiger partial charge is 0.125 e. The molecular formula is C12H15BrN2O. The van der Waals surface area contributed by atoms with Gasteiger partial charge in [-0.1, -0.05) is 6.07 Å². The van der Waals surface area contributed by atoms with Crippen LogP contribution in [0.25, 0.3) is 10.9 Å². The minimum Gasteiger partial charge on any atom is -0.507 e. The van der Waals surface area contributed by atoms with Gasteiger partial charge >= 0.3 is 0 Å². The maximum atomic E-state index is 9.88. The lowest BCUT2D eigenvalue weighted by atomic mass is 10.1. The summed E-state index contributed by atoms with van der Waals surface area (Å²) in [6, 6.07) is 5.54. The fraction of sp³-hybridized carbons (Fsp3) is 0.333. The Morgan fingerprint density at radius 2 is 2.12 bits per heavy atom. The van der Waals surface area contributed by atoms with Crippen LogP contribution in [0.2, 0.25) is 0 Å². The molecule has 0 bridgehead atoms. The predicted octanol–water partition coefficient (Wildman–Crippen LogP) is 2.74. The molecule has 0 saturated carbocycles. The normalized spacial score (nSPS) is 11.5. The summed E-state index contributed by atoms with van der Waals surface area (Å²) in [6.45, 7) is 0.958. The quantitative estimate of drug-likeness (QED) is 0.909. The number of hydrogen-bond donors (Lipinski definition) is 2. The highest BCUT2D eigenvalue weighted by Gasteiger charge is 2.12. The van der Waals surface area contributed by atoms with Gasteiger partial charge in [-0.05, 0) is 54.1 Å². The third-order valence-electron chi connectivity index (χ3n) is 2.66. The van der Waals surface area contributed by atoms with Gasteiger partial charge in [0.15, 0.2) is 0 Å². The molecule has 2 aromatic rings. The van der Waals surface area contributed by atoms with Gasteiger partial charge in [-0.3, -0.25) is 0 Å². The summed E-state index contributed by atoms with van der Waals surface area (Å²) < 4.78 is 0.964. The molecule has 2 rings (SSSR count). The second-order valence-electron chi connectivity index (χ2n) is 4.17. The van der Waals surface area contributed by atoms with E-state index in [1.807, 2.05) is 26.2 Å². The monoisotopic (exact) mass is 282 g/mol. The minimum atomic E-state index is 0.341. The number of likely N-dealkylation sites (N-methyl/N-ethyl adjacent to an activating group) is 1. The molecule has 3 nitrogen and oxygen atoms in total. The Morgan fingerprint density at radius 3 is 2.81 bits per heavy atom. The highest BCUT2D eigenvalue weighted by molar-refractivity contribution is 9.10. The van der Waals surface area contributed by atoms with Crippen molar-refractivity contribution in [1.29, 1.82) is 0 Å². The number of benzene rings is 1. The molecule has 1 heterocycles. The van der Waals surface area contributed by atoms with Gasteiger partial charge in [0.05, 0.1) is 10.1 Å². The van der Waals surface area contributed by atoms with E-state index >= 15 is 0 Å². The first-order valence-electron chi connectivity index (χ1n) is 5.22. The molecule has 4 heteroatoms. The van der Waals surface area contributed by atoms with Gasteiger partial charge in [0, 0.05) is 11.9 Å². The molecule has 1 aromatic heterocycles. The number of fused-ring (bicyclic) bond motifs is 1. The Labute approximate surface area is 103 Å². The van der Waals surface area contributed by atoms with Crippen LogP contribution in [-0.4, -0.2) is 35.6 Å². The Morgan fingerprint density at radius 1 is 1.38 bits per heavy atom. The van der Waals surface area contributed by atoms with Crippen molar-refractivity contribution in [3.05, 3.63) is 28.4 Å². The molecule has 16 heavy (non-hydrogen) atoms. The number of aromatic nitrogens is 1. The van der Waals surface area contributed by atoms with Crippen LogP contribution < -0.4 is 0 Å². The highest BCUT2D eigenvalue weighted by atomic mass is 79.9. The number of aromatic hydroxyl groups is 1. The maximum absolute atomic E-state index is 9.88. The molecule has 0 spiro atoms. The fourth-order valence-corrected chi connectivity index (χ4v) is 2.45. The first kappa shape index (κ1) is 11.5. The van der Waals surface area contributed by atoms with Gasteiger partial charge in [-0.15, -0.1) is 0 Å². The molecule has 0 atom stereocenters. The van der Waals surface area contributed by atoms with Crippen molar-refractivity contribution in [3.63, 3.8) is 0 Å². The molecule has 0 aliphatic heterocycles. The predicted molar refractivity (Wildman–Crippen MR) is 69.9 cm³/mol. The zero-order chi connectivity index (χ0) is 11.7. The van der Waals surface area contributed by atoms with Crippen molar-refractivity contribution in [2.45, 2.75) is 6.42 Å². The first-order valence-corrected chi connectivity index (χ1v) is 6.01. The number of phenols is 1. The van der Waals surface area contributed by atoms with E-state index in [0.717, 1.165) is 34.0 Å². The van der Waals surface area contributed by atoms with E-state index < -0.39 is 0 Å². The van der Waals surface area contributed by atoms with E-state index in [2.05, 4.69) is 25.8 Å². The third kappa shape index (κ3) is 2.08. The van der Waals surface area contributed by atoms with Crippen LogP contribution in [0.1, 0.15) is 5.56 Å². The van der Waals surface area contributed by atoms with Crippen molar-refractivity contribution in [2.75, 3.05) is 20.6 Å². The lowest BCUT2D eigenvalue weighted by Gasteiger charge is -2.09. The number of rotatable bonds is 3. The summed E-state index contributed by atoms with van der Waals surface area (Å²) in [5.74, 6) is 0.341. The van der Waals surface area contributed by atoms with Crippen LogP contribution in [0.3, 0.4) is 0 Å². The van der Waals surface area contributed by atoms with Crippen LogP contribution in [0.4, 0.5) is 0 Å². The second kappa shape index (κ2) is 4.47. The number of halogens is 1. The average Bonchev–Trinajstić information content (AvgIpc) is 2.52. The molecule has 0 aliphatic carbocycles. The Bertz CT molecular complexity index is 505. The van der Waals surface area contributed by atoms with E-state index in [4.69, 9.17) is 0 Å². The summed E-state index contributed by atoms with van der Waals surface area (Å²) in [5.41, 5.74) is 2.11. The molecule has 0 fully saturated rings. The Hall–Kier alpha value is -1.00. The molecule has 0 radical (unpaired) electrons. The first-order chi connectivity index (χ1) is 7.59. The van der Waals surface area contributed by atoms with Crippen LogP contribution >= 0.6 is 15.9 Å². The zero-order valence-corrected chi connectivity index (χ0v) is 11.0. The van der Waals surface area contributed by atoms with Gasteiger partial charge in [0.25, 0.3) is 0 Å². The highest BCUT2D eigenvalue weighted by Crippen LogP contribution is 2.33. The maximum Gasteiger partial charge on any atom is 0.125 e. The van der Waals surface area contributed by atoms with E-state index in [1.54, 1.807) is 6.07 Å². The number of nitrogens with one attached hydrogen (secondary N) is 1. The fourth-order valence-electron chi connectivity index (χ4n) is 1.84. The van der Waals surface area contributed by atoms with E-state index in [1.165, 1.54) is 0 Å². The number of nitrogens with zero attached hydrogens (tertiary/aromatic N) is 1. The van der Waals surface area contributed by atoms with Gasteiger partial charge in [-0.2, -0.15) is 0 Å². The van der Waals surface area contributed by atoms with Crippen LogP contribution in [-0.2, 0) is 6.42 Å². The summed E-state index contributed by atoms with van der Waals surface area (Å²) in [7, 11) is 4.09. The van der Waals surface area contributed by atoms with Crippen molar-refractivity contribution < 1.29 is 5.11 Å². The molecule has 0 amide bonds. The summed E-state index contributed by atoms with van der Waals surface area (Å²) >= 11 is 3.51. The largest absolute Gasteiger partial charge is 0.507 e. The van der Waals surface area contributed by atoms with Gasteiger partial charge < -0.3 is 15.0 Å². The van der Waals surface area contributed by atoms with Crippen molar-refractivity contribution in [2.24, 2.45) is 0 Å². The summed E-state index contributed by atoms with van der Waals surface area (Å²) in [6.07, 6.45) is 0.908. The molecule has 2 N–H and O–H groups in total. The number of hydrogen-bond acceptors (Lipinski definition) is 2. The lowest BCUT2D eigenvalue weighted by Crippen LogP contribution is -2.15. The summed E-state index contributed by atoms with van der Waals surface area (Å²) in [4.78, 5) is 5.36. The topological polar surface area (TPSA) is 39.3 Å². The lowest BCUT2D eigenvalue weighted by molar-refractivity contribution is 0.413. The molecular weight excluding hydrogens is 268 g/mol. The van der Waals surface area contributed by atoms with Crippen LogP contribution in [0.5, 0.6) is 5.75 Å². The van der Waals surface area contributed by atoms with E-state index in [9.17, 15) is 5.11 Å². The minimum absolute atomic E-state index is 0.341. The van der Waals surface area contributed by atoms with Crippen LogP contribution in [0.15, 0.2) is 22.8 Å².